The molecule has 1 fully saturated rings. The number of hydrogen-bond acceptors (Lipinski definition) is 3. The van der Waals surface area contributed by atoms with Crippen LogP contribution in [-0.4, -0.2) is 28.1 Å². The van der Waals surface area contributed by atoms with E-state index in [2.05, 4.69) is 10.0 Å². The van der Waals surface area contributed by atoms with Crippen molar-refractivity contribution >= 4 is 21.6 Å². The molecule has 1 aliphatic heterocycles. The number of benzene rings is 1. The van der Waals surface area contributed by atoms with E-state index in [0.717, 1.165) is 38.1 Å². The van der Waals surface area contributed by atoms with Crippen LogP contribution in [0.4, 0.5) is 4.39 Å². The second kappa shape index (κ2) is 6.17. The molecule has 0 radical (unpaired) electrons. The Morgan fingerprint density at radius 2 is 2.26 bits per heavy atom. The Kier molecular flexibility index (Phi) is 4.78. The van der Waals surface area contributed by atoms with E-state index in [1.807, 2.05) is 0 Å². The van der Waals surface area contributed by atoms with Gasteiger partial charge in [-0.15, -0.1) is 0 Å². The van der Waals surface area contributed by atoms with E-state index in [1.165, 1.54) is 6.07 Å². The van der Waals surface area contributed by atoms with Crippen molar-refractivity contribution in [2.75, 3.05) is 19.6 Å². The third kappa shape index (κ3) is 3.89. The molecular weight excluding hydrogens is 291 g/mol. The molecule has 2 N–H and O–H groups in total. The molecule has 1 heterocycles. The van der Waals surface area contributed by atoms with Crippen molar-refractivity contribution < 1.29 is 12.8 Å². The van der Waals surface area contributed by atoms with Gasteiger partial charge in [0.25, 0.3) is 0 Å². The van der Waals surface area contributed by atoms with E-state index in [9.17, 15) is 12.8 Å². The van der Waals surface area contributed by atoms with Gasteiger partial charge in [-0.1, -0.05) is 11.6 Å². The lowest BCUT2D eigenvalue weighted by Gasteiger charge is -2.22. The van der Waals surface area contributed by atoms with Crippen LogP contribution in [-0.2, 0) is 10.0 Å². The Balaban J connectivity index is 2.07. The van der Waals surface area contributed by atoms with Crippen molar-refractivity contribution in [3.8, 4) is 0 Å². The summed E-state index contributed by atoms with van der Waals surface area (Å²) in [7, 11) is -3.76. The molecule has 0 unspecified atom stereocenters. The van der Waals surface area contributed by atoms with Crippen LogP contribution in [0.15, 0.2) is 23.1 Å². The van der Waals surface area contributed by atoms with E-state index in [0.29, 0.717) is 6.54 Å². The van der Waals surface area contributed by atoms with Crippen molar-refractivity contribution in [1.29, 1.82) is 0 Å². The molecule has 4 nitrogen and oxygen atoms in total. The van der Waals surface area contributed by atoms with Gasteiger partial charge in [0.15, 0.2) is 0 Å². The second-order valence-electron chi connectivity index (χ2n) is 4.64. The summed E-state index contributed by atoms with van der Waals surface area (Å²) in [4.78, 5) is -0.210. The first kappa shape index (κ1) is 14.7. The minimum Gasteiger partial charge on any atom is -0.316 e. The average Bonchev–Trinajstić information content (AvgIpc) is 2.40. The molecule has 1 aromatic rings. The predicted octanol–water partition coefficient (Wildman–Crippen LogP) is 1.76. The van der Waals surface area contributed by atoms with Crippen LogP contribution < -0.4 is 10.0 Å². The molecule has 0 saturated carbocycles. The highest BCUT2D eigenvalue weighted by Gasteiger charge is 2.21. The van der Waals surface area contributed by atoms with Crippen LogP contribution in [0.2, 0.25) is 5.02 Å². The van der Waals surface area contributed by atoms with Gasteiger partial charge in [0.2, 0.25) is 10.0 Å². The summed E-state index contributed by atoms with van der Waals surface area (Å²) >= 11 is 5.80. The first-order valence-corrected chi connectivity index (χ1v) is 8.00. The summed E-state index contributed by atoms with van der Waals surface area (Å²) in [5.41, 5.74) is 0. The number of hydrogen-bond donors (Lipinski definition) is 2. The number of piperidine rings is 1. The smallest absolute Gasteiger partial charge is 0.242 e. The lowest BCUT2D eigenvalue weighted by atomic mass is 10.0. The normalized spacial score (nSPS) is 20.4. The molecule has 0 amide bonds. The predicted molar refractivity (Wildman–Crippen MR) is 72.2 cm³/mol. The summed E-state index contributed by atoms with van der Waals surface area (Å²) in [5.74, 6) is -0.361. The molecule has 0 bridgehead atoms. The largest absolute Gasteiger partial charge is 0.316 e. The lowest BCUT2D eigenvalue weighted by Crippen LogP contribution is -2.38. The average molecular weight is 307 g/mol. The molecule has 7 heteroatoms. The van der Waals surface area contributed by atoms with Crippen LogP contribution in [0.5, 0.6) is 0 Å². The third-order valence-electron chi connectivity index (χ3n) is 3.14. The maximum absolute atomic E-state index is 13.1. The summed E-state index contributed by atoms with van der Waals surface area (Å²) in [6.07, 6.45) is 2.01. The van der Waals surface area contributed by atoms with Crippen LogP contribution in [0, 0.1) is 11.7 Å². The topological polar surface area (TPSA) is 58.2 Å². The van der Waals surface area contributed by atoms with E-state index in [1.54, 1.807) is 0 Å². The van der Waals surface area contributed by atoms with E-state index in [-0.39, 0.29) is 15.8 Å². The molecule has 0 aliphatic carbocycles. The molecule has 1 aromatic carbocycles. The highest BCUT2D eigenvalue weighted by molar-refractivity contribution is 7.89. The zero-order chi connectivity index (χ0) is 13.9. The molecule has 1 atom stereocenters. The van der Waals surface area contributed by atoms with E-state index < -0.39 is 15.8 Å². The van der Waals surface area contributed by atoms with Crippen LogP contribution in [0.25, 0.3) is 0 Å². The van der Waals surface area contributed by atoms with Gasteiger partial charge in [0, 0.05) is 6.54 Å². The highest BCUT2D eigenvalue weighted by Crippen LogP contribution is 2.22. The molecule has 19 heavy (non-hydrogen) atoms. The SMILES string of the molecule is O=S(=O)(NC[C@H]1CCCNC1)c1cc(F)ccc1Cl. The lowest BCUT2D eigenvalue weighted by molar-refractivity contribution is 0.376. The third-order valence-corrected chi connectivity index (χ3v) is 5.05. The van der Waals surface area contributed by atoms with E-state index in [4.69, 9.17) is 11.6 Å². The molecule has 1 aliphatic rings. The van der Waals surface area contributed by atoms with Crippen molar-refractivity contribution in [1.82, 2.24) is 10.0 Å². The Morgan fingerprint density at radius 1 is 1.47 bits per heavy atom. The minimum absolute atomic E-state index is 0.0238. The summed E-state index contributed by atoms with van der Waals surface area (Å²) in [6.45, 7) is 2.10. The van der Waals surface area contributed by atoms with Crippen molar-refractivity contribution in [3.63, 3.8) is 0 Å². The fraction of sp³-hybridized carbons (Fsp3) is 0.500. The van der Waals surface area contributed by atoms with Gasteiger partial charge in [-0.2, -0.15) is 0 Å². The van der Waals surface area contributed by atoms with Crippen molar-refractivity contribution in [2.24, 2.45) is 5.92 Å². The molecule has 0 aromatic heterocycles. The maximum Gasteiger partial charge on any atom is 0.242 e. The van der Waals surface area contributed by atoms with Gasteiger partial charge < -0.3 is 5.32 Å². The first-order valence-electron chi connectivity index (χ1n) is 6.14. The molecule has 106 valence electrons. The van der Waals surface area contributed by atoms with Gasteiger partial charge in [0.05, 0.1) is 5.02 Å². The fourth-order valence-corrected chi connectivity index (χ4v) is 3.71. The quantitative estimate of drug-likeness (QED) is 0.891. The van der Waals surface area contributed by atoms with Gasteiger partial charge in [-0.05, 0) is 50.0 Å². The minimum atomic E-state index is -3.76. The molecular formula is C12H16ClFN2O2S. The van der Waals surface area contributed by atoms with Gasteiger partial charge in [0.1, 0.15) is 10.7 Å². The summed E-state index contributed by atoms with van der Waals surface area (Å²) in [6, 6.07) is 3.31. The Bertz CT molecular complexity index is 545. The summed E-state index contributed by atoms with van der Waals surface area (Å²) < 4.78 is 39.7. The summed E-state index contributed by atoms with van der Waals surface area (Å²) in [5, 5.41) is 3.23. The van der Waals surface area contributed by atoms with Gasteiger partial charge >= 0.3 is 0 Å². The second-order valence-corrected chi connectivity index (χ2v) is 6.78. The standard InChI is InChI=1S/C12H16ClFN2O2S/c13-11-4-3-10(14)6-12(11)19(17,18)16-8-9-2-1-5-15-7-9/h3-4,6,9,15-16H,1-2,5,7-8H2/t9-/m0/s1. The monoisotopic (exact) mass is 306 g/mol. The molecule has 1 saturated heterocycles. The molecule has 0 spiro atoms. The maximum atomic E-state index is 13.1. The van der Waals surface area contributed by atoms with Crippen molar-refractivity contribution in [2.45, 2.75) is 17.7 Å². The molecule has 2 rings (SSSR count). The van der Waals surface area contributed by atoms with Gasteiger partial charge in [-0.25, -0.2) is 17.5 Å². The van der Waals surface area contributed by atoms with Gasteiger partial charge in [-0.3, -0.25) is 0 Å². The Morgan fingerprint density at radius 3 is 2.95 bits per heavy atom. The van der Waals surface area contributed by atoms with Crippen LogP contribution in [0.1, 0.15) is 12.8 Å². The van der Waals surface area contributed by atoms with Crippen LogP contribution in [0.3, 0.4) is 0 Å². The zero-order valence-corrected chi connectivity index (χ0v) is 11.9. The highest BCUT2D eigenvalue weighted by atomic mass is 35.5. The number of sulfonamides is 1. The Labute approximate surface area is 117 Å². The zero-order valence-electron chi connectivity index (χ0n) is 10.3. The van der Waals surface area contributed by atoms with Crippen LogP contribution >= 0.6 is 11.6 Å². The first-order chi connectivity index (χ1) is 8.99. The number of nitrogens with one attached hydrogen (secondary N) is 2. The fourth-order valence-electron chi connectivity index (χ4n) is 2.09. The Hall–Kier alpha value is -0.690. The van der Waals surface area contributed by atoms with E-state index >= 15 is 0 Å². The number of rotatable bonds is 4. The van der Waals surface area contributed by atoms with Crippen molar-refractivity contribution in [3.05, 3.63) is 29.0 Å². The number of halogens is 2.